The van der Waals surface area contributed by atoms with Gasteiger partial charge in [-0.2, -0.15) is 0 Å². The van der Waals surface area contributed by atoms with Gasteiger partial charge in [0.1, 0.15) is 11.7 Å². The lowest BCUT2D eigenvalue weighted by Crippen LogP contribution is -2.71. The zero-order chi connectivity index (χ0) is 18.4. The molecule has 3 rings (SSSR count). The van der Waals surface area contributed by atoms with Crippen LogP contribution in [0.3, 0.4) is 0 Å². The number of nitro groups is 1. The number of thiocarbonyl (C=S) groups is 1. The van der Waals surface area contributed by atoms with Crippen LogP contribution in [-0.4, -0.2) is 39.8 Å². The number of fused-ring (bicyclic) bond motifs is 4. The fraction of sp³-hybridized carbons (Fsp3) is 0.500. The molecule has 1 N–H and O–H groups in total. The zero-order valence-electron chi connectivity index (χ0n) is 14.1. The van der Waals surface area contributed by atoms with Crippen molar-refractivity contribution >= 4 is 29.0 Å². The number of ether oxygens (including phenoxy) is 2. The lowest BCUT2D eigenvalue weighted by molar-refractivity contribution is -0.385. The third-order valence-electron chi connectivity index (χ3n) is 4.68. The van der Waals surface area contributed by atoms with Crippen LogP contribution in [-0.2, 0) is 9.53 Å². The van der Waals surface area contributed by atoms with Crippen LogP contribution < -0.4 is 10.1 Å². The molecule has 2 heterocycles. The van der Waals surface area contributed by atoms with Crippen molar-refractivity contribution in [3.63, 3.8) is 0 Å². The highest BCUT2D eigenvalue weighted by Crippen LogP contribution is 2.49. The van der Waals surface area contributed by atoms with Crippen LogP contribution in [0.2, 0.25) is 0 Å². The average molecular weight is 365 g/mol. The number of benzene rings is 1. The Labute approximate surface area is 150 Å². The number of esters is 1. The van der Waals surface area contributed by atoms with Crippen molar-refractivity contribution in [1.82, 2.24) is 10.2 Å². The van der Waals surface area contributed by atoms with Gasteiger partial charge in [0.2, 0.25) is 0 Å². The lowest BCUT2D eigenvalue weighted by atomic mass is 9.79. The molecular weight excluding hydrogens is 346 g/mol. The molecule has 1 fully saturated rings. The van der Waals surface area contributed by atoms with E-state index in [1.54, 1.807) is 24.8 Å². The largest absolute Gasteiger partial charge is 0.467 e. The topological polar surface area (TPSA) is 93.9 Å². The summed E-state index contributed by atoms with van der Waals surface area (Å²) in [6, 6.07) is 3.81. The van der Waals surface area contributed by atoms with E-state index >= 15 is 0 Å². The predicted molar refractivity (Wildman–Crippen MR) is 93.1 cm³/mol. The lowest BCUT2D eigenvalue weighted by Gasteiger charge is -2.55. The maximum Gasteiger partial charge on any atom is 0.317 e. The third kappa shape index (κ3) is 2.58. The first-order valence-corrected chi connectivity index (χ1v) is 8.46. The van der Waals surface area contributed by atoms with Gasteiger partial charge in [-0.1, -0.05) is 0 Å². The second kappa shape index (κ2) is 6.14. The van der Waals surface area contributed by atoms with Gasteiger partial charge in [-0.3, -0.25) is 14.9 Å². The molecule has 25 heavy (non-hydrogen) atoms. The minimum Gasteiger partial charge on any atom is -0.467 e. The number of hydrogen-bond donors (Lipinski definition) is 1. The van der Waals surface area contributed by atoms with Gasteiger partial charge in [-0.25, -0.2) is 0 Å². The van der Waals surface area contributed by atoms with Crippen molar-refractivity contribution in [2.75, 3.05) is 13.2 Å². The van der Waals surface area contributed by atoms with Crippen LogP contribution in [0.5, 0.6) is 5.75 Å². The maximum atomic E-state index is 12.7. The van der Waals surface area contributed by atoms with E-state index in [-0.39, 0.29) is 12.3 Å². The molecule has 8 nitrogen and oxygen atoms in total. The smallest absolute Gasteiger partial charge is 0.317 e. The highest BCUT2D eigenvalue weighted by atomic mass is 32.1. The first kappa shape index (κ1) is 17.4. The van der Waals surface area contributed by atoms with Crippen LogP contribution in [0.25, 0.3) is 0 Å². The molecule has 3 atom stereocenters. The molecule has 0 saturated carbocycles. The molecule has 1 aromatic rings. The highest BCUT2D eigenvalue weighted by molar-refractivity contribution is 7.80. The molecule has 0 aliphatic carbocycles. The third-order valence-corrected chi connectivity index (χ3v) is 5.02. The van der Waals surface area contributed by atoms with Gasteiger partial charge < -0.3 is 19.7 Å². The fourth-order valence-corrected chi connectivity index (χ4v) is 4.04. The molecule has 0 unspecified atom stereocenters. The first-order valence-electron chi connectivity index (χ1n) is 8.05. The summed E-state index contributed by atoms with van der Waals surface area (Å²) in [5.74, 6) is -0.652. The number of rotatable bonds is 4. The molecule has 0 amide bonds. The summed E-state index contributed by atoms with van der Waals surface area (Å²) in [7, 11) is 0. The van der Waals surface area contributed by atoms with Gasteiger partial charge in [-0.05, 0) is 39.1 Å². The zero-order valence-corrected chi connectivity index (χ0v) is 15.0. The standard InChI is InChI=1S/C16H19N3O5S/c1-4-18-15(25)17-13-10-8-9(19(21)22)6-7-11(10)24-16(18,3)12(13)14(20)23-5-2/h6-8,12-13H,4-5H2,1-3H3,(H,17,25)/t12-,13+,16+/m1/s1. The van der Waals surface area contributed by atoms with Gasteiger partial charge in [0.25, 0.3) is 5.69 Å². The molecule has 1 saturated heterocycles. The van der Waals surface area contributed by atoms with Crippen molar-refractivity contribution in [3.8, 4) is 5.75 Å². The maximum absolute atomic E-state index is 12.7. The Morgan fingerprint density at radius 1 is 1.52 bits per heavy atom. The summed E-state index contributed by atoms with van der Waals surface area (Å²) in [5.41, 5.74) is -0.570. The Morgan fingerprint density at radius 2 is 2.24 bits per heavy atom. The van der Waals surface area contributed by atoms with Crippen LogP contribution >= 0.6 is 12.2 Å². The van der Waals surface area contributed by atoms with E-state index in [1.807, 2.05) is 6.92 Å². The second-order valence-corrected chi connectivity index (χ2v) is 6.42. The van der Waals surface area contributed by atoms with Gasteiger partial charge in [0.15, 0.2) is 10.8 Å². The van der Waals surface area contributed by atoms with E-state index in [2.05, 4.69) is 5.32 Å². The number of nitro benzene ring substituents is 1. The number of carbonyl (C=O) groups excluding carboxylic acids is 1. The summed E-state index contributed by atoms with van der Waals surface area (Å²) in [5, 5.41) is 14.7. The molecule has 2 bridgehead atoms. The van der Waals surface area contributed by atoms with Crippen LogP contribution in [0.4, 0.5) is 5.69 Å². The molecule has 0 aromatic heterocycles. The summed E-state index contributed by atoms with van der Waals surface area (Å²) < 4.78 is 11.4. The van der Waals surface area contributed by atoms with Crippen LogP contribution in [0.15, 0.2) is 18.2 Å². The molecule has 9 heteroatoms. The Kier molecular flexibility index (Phi) is 4.28. The SMILES string of the molecule is CCOC(=O)[C@H]1[C@H]2NC(=S)N(CC)[C@@]1(C)Oc1ccc([N+](=O)[O-])cc12. The summed E-state index contributed by atoms with van der Waals surface area (Å²) in [6.07, 6.45) is 0. The van der Waals surface area contributed by atoms with Gasteiger partial charge >= 0.3 is 5.97 Å². The van der Waals surface area contributed by atoms with Crippen molar-refractivity contribution < 1.29 is 19.2 Å². The molecule has 0 spiro atoms. The van der Waals surface area contributed by atoms with Gasteiger partial charge in [-0.15, -0.1) is 0 Å². The first-order chi connectivity index (χ1) is 11.8. The number of non-ortho nitro benzene ring substituents is 1. The molecule has 2 aliphatic rings. The van der Waals surface area contributed by atoms with Gasteiger partial charge in [0, 0.05) is 24.2 Å². The molecule has 0 radical (unpaired) electrons. The highest BCUT2D eigenvalue weighted by Gasteiger charge is 2.59. The normalized spacial score (nSPS) is 27.0. The number of nitrogens with one attached hydrogen (secondary N) is 1. The number of carbonyl (C=O) groups is 1. The van der Waals surface area contributed by atoms with E-state index in [1.165, 1.54) is 12.1 Å². The van der Waals surface area contributed by atoms with E-state index in [0.717, 1.165) is 0 Å². The fourth-order valence-electron chi connectivity index (χ4n) is 3.60. The minimum absolute atomic E-state index is 0.0702. The predicted octanol–water partition coefficient (Wildman–Crippen LogP) is 2.13. The second-order valence-electron chi connectivity index (χ2n) is 6.04. The average Bonchev–Trinajstić information content (AvgIpc) is 2.54. The summed E-state index contributed by atoms with van der Waals surface area (Å²) in [4.78, 5) is 25.1. The Bertz CT molecular complexity index is 755. The quantitative estimate of drug-likeness (QED) is 0.375. The number of hydrogen-bond acceptors (Lipinski definition) is 6. The van der Waals surface area contributed by atoms with E-state index in [0.29, 0.717) is 23.0 Å². The van der Waals surface area contributed by atoms with Gasteiger partial charge in [0.05, 0.1) is 17.6 Å². The van der Waals surface area contributed by atoms with Crippen molar-refractivity contribution in [1.29, 1.82) is 0 Å². The van der Waals surface area contributed by atoms with E-state index in [9.17, 15) is 14.9 Å². The van der Waals surface area contributed by atoms with E-state index < -0.39 is 28.6 Å². The molecule has 134 valence electrons. The summed E-state index contributed by atoms with van der Waals surface area (Å²) >= 11 is 5.42. The van der Waals surface area contributed by atoms with Crippen molar-refractivity contribution in [2.24, 2.45) is 5.92 Å². The number of nitrogens with zero attached hydrogens (tertiary/aromatic N) is 2. The minimum atomic E-state index is -1.03. The van der Waals surface area contributed by atoms with Crippen LogP contribution in [0.1, 0.15) is 32.4 Å². The molecule has 1 aromatic carbocycles. The Balaban J connectivity index is 2.16. The van der Waals surface area contributed by atoms with Crippen molar-refractivity contribution in [2.45, 2.75) is 32.5 Å². The van der Waals surface area contributed by atoms with Crippen molar-refractivity contribution in [3.05, 3.63) is 33.9 Å². The summed E-state index contributed by atoms with van der Waals surface area (Å²) in [6.45, 7) is 6.21. The Morgan fingerprint density at radius 3 is 2.84 bits per heavy atom. The molecule has 2 aliphatic heterocycles. The van der Waals surface area contributed by atoms with Crippen LogP contribution in [0, 0.1) is 16.0 Å². The van der Waals surface area contributed by atoms with E-state index in [4.69, 9.17) is 21.7 Å². The Hall–Kier alpha value is -2.42. The monoisotopic (exact) mass is 365 g/mol. The molecular formula is C16H19N3O5S.